The summed E-state index contributed by atoms with van der Waals surface area (Å²) < 4.78 is 5.60. The van der Waals surface area contributed by atoms with E-state index in [4.69, 9.17) is 16.3 Å². The van der Waals surface area contributed by atoms with Crippen LogP contribution in [-0.4, -0.2) is 24.5 Å². The number of hydrogen-bond acceptors (Lipinski definition) is 3. The standard InChI is InChI=1S/C27H25ClN2O3/c1-17-15-25(30(18(2)31)22-10-8-21(28)9-11-22)23-5-3-4-6-24(23)29(17)27(32)20-7-12-26-19(16-20)13-14-33-26/h3-12,16-17,25H,13-15H2,1-2H3/t17-,25+/m0/s1. The van der Waals surface area contributed by atoms with Gasteiger partial charge in [-0.05, 0) is 73.0 Å². The molecule has 6 heteroatoms. The SMILES string of the molecule is CC(=O)N(c1ccc(Cl)cc1)[C@@H]1C[C@H](C)N(C(=O)c2ccc3c(c2)CCO3)c2ccccc21. The highest BCUT2D eigenvalue weighted by Crippen LogP contribution is 2.43. The first kappa shape index (κ1) is 21.5. The average molecular weight is 461 g/mol. The molecule has 5 rings (SSSR count). The molecule has 0 unspecified atom stereocenters. The maximum atomic E-state index is 13.7. The van der Waals surface area contributed by atoms with Gasteiger partial charge in [0.1, 0.15) is 5.75 Å². The Morgan fingerprint density at radius 3 is 2.58 bits per heavy atom. The predicted octanol–water partition coefficient (Wildman–Crippen LogP) is 5.81. The fraction of sp³-hybridized carbons (Fsp3) is 0.259. The maximum Gasteiger partial charge on any atom is 0.258 e. The first-order valence-electron chi connectivity index (χ1n) is 11.2. The predicted molar refractivity (Wildman–Crippen MR) is 130 cm³/mol. The van der Waals surface area contributed by atoms with Gasteiger partial charge in [0, 0.05) is 41.3 Å². The van der Waals surface area contributed by atoms with Crippen molar-refractivity contribution in [2.24, 2.45) is 0 Å². The largest absolute Gasteiger partial charge is 0.493 e. The Bertz CT molecular complexity index is 1220. The van der Waals surface area contributed by atoms with Crippen LogP contribution in [0, 0.1) is 0 Å². The van der Waals surface area contributed by atoms with E-state index in [9.17, 15) is 9.59 Å². The van der Waals surface area contributed by atoms with Crippen LogP contribution in [0.1, 0.15) is 47.8 Å². The number of nitrogens with zero attached hydrogens (tertiary/aromatic N) is 2. The van der Waals surface area contributed by atoms with Crippen LogP contribution in [0.5, 0.6) is 5.75 Å². The minimum absolute atomic E-state index is 0.0380. The van der Waals surface area contributed by atoms with Gasteiger partial charge in [0.15, 0.2) is 0 Å². The van der Waals surface area contributed by atoms with Crippen LogP contribution in [0.15, 0.2) is 66.7 Å². The summed E-state index contributed by atoms with van der Waals surface area (Å²) in [7, 11) is 0. The molecule has 2 amide bonds. The topological polar surface area (TPSA) is 49.9 Å². The van der Waals surface area contributed by atoms with Gasteiger partial charge >= 0.3 is 0 Å². The van der Waals surface area contributed by atoms with Gasteiger partial charge in [0.05, 0.1) is 12.6 Å². The number of carbonyl (C=O) groups excluding carboxylic acids is 2. The highest BCUT2D eigenvalue weighted by Gasteiger charge is 2.38. The van der Waals surface area contributed by atoms with E-state index in [1.807, 2.05) is 66.4 Å². The monoisotopic (exact) mass is 460 g/mol. The number of para-hydroxylation sites is 1. The molecule has 2 aliphatic heterocycles. The minimum atomic E-state index is -0.188. The summed E-state index contributed by atoms with van der Waals surface area (Å²) in [6.07, 6.45) is 1.44. The highest BCUT2D eigenvalue weighted by atomic mass is 35.5. The van der Waals surface area contributed by atoms with E-state index in [1.54, 1.807) is 24.0 Å². The van der Waals surface area contributed by atoms with Gasteiger partial charge in [-0.1, -0.05) is 29.8 Å². The number of ether oxygens (including phenoxy) is 1. The molecule has 3 aromatic carbocycles. The molecule has 0 bridgehead atoms. The number of halogens is 1. The van der Waals surface area contributed by atoms with E-state index in [0.29, 0.717) is 23.6 Å². The van der Waals surface area contributed by atoms with Gasteiger partial charge in [-0.2, -0.15) is 0 Å². The third-order valence-corrected chi connectivity index (χ3v) is 6.72. The second-order valence-electron chi connectivity index (χ2n) is 8.62. The summed E-state index contributed by atoms with van der Waals surface area (Å²) in [6, 6.07) is 20.5. The number of fused-ring (bicyclic) bond motifs is 2. The van der Waals surface area contributed by atoms with Crippen molar-refractivity contribution >= 4 is 34.8 Å². The fourth-order valence-electron chi connectivity index (χ4n) is 4.98. The molecule has 0 aromatic heterocycles. The molecule has 0 saturated heterocycles. The molecular formula is C27H25ClN2O3. The summed E-state index contributed by atoms with van der Waals surface area (Å²) in [5, 5.41) is 0.621. The van der Waals surface area contributed by atoms with E-state index >= 15 is 0 Å². The van der Waals surface area contributed by atoms with E-state index in [-0.39, 0.29) is 23.9 Å². The fourth-order valence-corrected chi connectivity index (χ4v) is 5.10. The molecule has 0 radical (unpaired) electrons. The smallest absolute Gasteiger partial charge is 0.258 e. The maximum absolute atomic E-state index is 13.7. The third kappa shape index (κ3) is 3.87. The van der Waals surface area contributed by atoms with Crippen molar-refractivity contribution in [3.05, 3.63) is 88.4 Å². The highest BCUT2D eigenvalue weighted by molar-refractivity contribution is 6.30. The summed E-state index contributed by atoms with van der Waals surface area (Å²) in [6.45, 7) is 4.27. The lowest BCUT2D eigenvalue weighted by Gasteiger charge is -2.43. The lowest BCUT2D eigenvalue weighted by Crippen LogP contribution is -2.47. The van der Waals surface area contributed by atoms with Gasteiger partial charge in [-0.3, -0.25) is 9.59 Å². The van der Waals surface area contributed by atoms with Crippen molar-refractivity contribution in [3.63, 3.8) is 0 Å². The Morgan fingerprint density at radius 2 is 1.82 bits per heavy atom. The molecule has 0 N–H and O–H groups in total. The lowest BCUT2D eigenvalue weighted by molar-refractivity contribution is -0.117. The summed E-state index contributed by atoms with van der Waals surface area (Å²) in [4.78, 5) is 30.1. The van der Waals surface area contributed by atoms with Gasteiger partial charge in [-0.25, -0.2) is 0 Å². The molecule has 0 saturated carbocycles. The van der Waals surface area contributed by atoms with Gasteiger partial charge < -0.3 is 14.5 Å². The normalized spacial score (nSPS) is 18.8. The van der Waals surface area contributed by atoms with Crippen LogP contribution in [0.2, 0.25) is 5.02 Å². The van der Waals surface area contributed by atoms with Crippen LogP contribution in [-0.2, 0) is 11.2 Å². The molecule has 3 aromatic rings. The zero-order valence-electron chi connectivity index (χ0n) is 18.6. The average Bonchev–Trinajstić information content (AvgIpc) is 3.28. The Balaban J connectivity index is 1.54. The summed E-state index contributed by atoms with van der Waals surface area (Å²) >= 11 is 6.08. The van der Waals surface area contributed by atoms with Gasteiger partial charge in [0.25, 0.3) is 5.91 Å². The molecule has 0 spiro atoms. The molecule has 0 fully saturated rings. The first-order valence-corrected chi connectivity index (χ1v) is 11.6. The van der Waals surface area contributed by atoms with Crippen LogP contribution in [0.25, 0.3) is 0 Å². The van der Waals surface area contributed by atoms with Crippen LogP contribution < -0.4 is 14.5 Å². The number of amides is 2. The summed E-state index contributed by atoms with van der Waals surface area (Å²) in [5.74, 6) is 0.769. The lowest BCUT2D eigenvalue weighted by atomic mass is 9.89. The van der Waals surface area contributed by atoms with Crippen molar-refractivity contribution in [1.82, 2.24) is 0 Å². The van der Waals surface area contributed by atoms with Crippen LogP contribution in [0.4, 0.5) is 11.4 Å². The Labute approximate surface area is 198 Å². The zero-order valence-corrected chi connectivity index (χ0v) is 19.4. The molecule has 33 heavy (non-hydrogen) atoms. The Morgan fingerprint density at radius 1 is 1.06 bits per heavy atom. The van der Waals surface area contributed by atoms with Gasteiger partial charge in [-0.15, -0.1) is 0 Å². The van der Waals surface area contributed by atoms with Crippen molar-refractivity contribution in [2.75, 3.05) is 16.4 Å². The minimum Gasteiger partial charge on any atom is -0.493 e. The van der Waals surface area contributed by atoms with Crippen molar-refractivity contribution in [1.29, 1.82) is 0 Å². The molecule has 5 nitrogen and oxygen atoms in total. The number of hydrogen-bond donors (Lipinski definition) is 0. The summed E-state index contributed by atoms with van der Waals surface area (Å²) in [5.41, 5.74) is 4.31. The second kappa shape index (κ2) is 8.56. The second-order valence-corrected chi connectivity index (χ2v) is 9.06. The molecule has 2 atom stereocenters. The number of carbonyl (C=O) groups is 2. The Kier molecular flexibility index (Phi) is 5.59. The number of rotatable bonds is 3. The zero-order chi connectivity index (χ0) is 23.1. The van der Waals surface area contributed by atoms with Crippen molar-refractivity contribution in [2.45, 2.75) is 38.8 Å². The van der Waals surface area contributed by atoms with E-state index in [0.717, 1.165) is 34.7 Å². The number of anilines is 2. The van der Waals surface area contributed by atoms with Gasteiger partial charge in [0.2, 0.25) is 5.91 Å². The van der Waals surface area contributed by atoms with E-state index in [2.05, 4.69) is 0 Å². The molecule has 2 heterocycles. The third-order valence-electron chi connectivity index (χ3n) is 6.47. The molecule has 2 aliphatic rings. The van der Waals surface area contributed by atoms with Crippen LogP contribution >= 0.6 is 11.6 Å². The van der Waals surface area contributed by atoms with Crippen molar-refractivity contribution < 1.29 is 14.3 Å². The van der Waals surface area contributed by atoms with E-state index < -0.39 is 0 Å². The molecule has 168 valence electrons. The first-order chi connectivity index (χ1) is 15.9. The molecule has 0 aliphatic carbocycles. The van der Waals surface area contributed by atoms with Crippen LogP contribution in [0.3, 0.4) is 0 Å². The van der Waals surface area contributed by atoms with Crippen molar-refractivity contribution in [3.8, 4) is 5.75 Å². The van der Waals surface area contributed by atoms with E-state index in [1.165, 1.54) is 0 Å². The Hall–Kier alpha value is -3.31. The molecular weight excluding hydrogens is 436 g/mol. The quantitative estimate of drug-likeness (QED) is 0.495. The number of benzene rings is 3.